The molecule has 2 atom stereocenters. The Hall–Kier alpha value is -1.12. The second-order valence-electron chi connectivity index (χ2n) is 6.01. The number of carbonyl (C=O) groups is 2. The maximum Gasteiger partial charge on any atom is 0.302 e. The summed E-state index contributed by atoms with van der Waals surface area (Å²) in [5.41, 5.74) is 1.45. The van der Waals surface area contributed by atoms with Crippen molar-refractivity contribution in [2.24, 2.45) is 11.8 Å². The number of unbranched alkanes of at least 4 members (excludes halogenated alkanes) is 3. The Morgan fingerprint density at radius 2 is 1.90 bits per heavy atom. The molecule has 0 saturated carbocycles. The Bertz CT molecular complexity index is 357. The van der Waals surface area contributed by atoms with Crippen LogP contribution in [0.5, 0.6) is 0 Å². The minimum Gasteiger partial charge on any atom is -0.466 e. The standard InChI is InChI=1S/C17H28O3/c1-13-10-11-16(12-20-15(3)19)17(13)9-7-5-4-6-8-14(2)18/h10,16-17H,4-9,11-12H2,1-3H3/t16-,17-/m1/s1. The Balaban J connectivity index is 2.20. The highest BCUT2D eigenvalue weighted by Crippen LogP contribution is 2.35. The number of ketones is 1. The van der Waals surface area contributed by atoms with Crippen LogP contribution in [0.3, 0.4) is 0 Å². The third-order valence-corrected chi connectivity index (χ3v) is 4.19. The molecule has 0 unspecified atom stereocenters. The van der Waals surface area contributed by atoms with Gasteiger partial charge < -0.3 is 9.53 Å². The summed E-state index contributed by atoms with van der Waals surface area (Å²) in [6.45, 7) is 5.87. The van der Waals surface area contributed by atoms with Crippen LogP contribution in [-0.4, -0.2) is 18.4 Å². The zero-order valence-corrected chi connectivity index (χ0v) is 13.1. The predicted octanol–water partition coefficient (Wildman–Crippen LogP) is 4.06. The molecule has 3 heteroatoms. The van der Waals surface area contributed by atoms with Gasteiger partial charge in [0.15, 0.2) is 0 Å². The van der Waals surface area contributed by atoms with Gasteiger partial charge in [0, 0.05) is 19.3 Å². The van der Waals surface area contributed by atoms with Crippen LogP contribution < -0.4 is 0 Å². The highest BCUT2D eigenvalue weighted by molar-refractivity contribution is 5.75. The average molecular weight is 280 g/mol. The summed E-state index contributed by atoms with van der Waals surface area (Å²) in [5.74, 6) is 1.15. The van der Waals surface area contributed by atoms with E-state index in [1.54, 1.807) is 6.92 Å². The third-order valence-electron chi connectivity index (χ3n) is 4.19. The molecule has 0 N–H and O–H groups in total. The molecule has 0 spiro atoms. The molecule has 114 valence electrons. The van der Waals surface area contributed by atoms with Gasteiger partial charge in [-0.05, 0) is 39.0 Å². The summed E-state index contributed by atoms with van der Waals surface area (Å²) in [6.07, 6.45) is 9.77. The number of hydrogen-bond donors (Lipinski definition) is 0. The summed E-state index contributed by atoms with van der Waals surface area (Å²) in [4.78, 5) is 21.8. The number of allylic oxidation sites excluding steroid dienone is 2. The molecular weight excluding hydrogens is 252 g/mol. The fraction of sp³-hybridized carbons (Fsp3) is 0.765. The Morgan fingerprint density at radius 1 is 1.20 bits per heavy atom. The van der Waals surface area contributed by atoms with Crippen molar-refractivity contribution in [2.45, 2.75) is 65.7 Å². The van der Waals surface area contributed by atoms with Gasteiger partial charge in [-0.3, -0.25) is 4.79 Å². The number of rotatable bonds is 9. The lowest BCUT2D eigenvalue weighted by Crippen LogP contribution is -2.18. The number of Topliss-reactive ketones (excluding diaryl/α,β-unsaturated/α-hetero) is 1. The van der Waals surface area contributed by atoms with E-state index < -0.39 is 0 Å². The van der Waals surface area contributed by atoms with E-state index in [1.807, 2.05) is 0 Å². The molecule has 0 radical (unpaired) electrons. The van der Waals surface area contributed by atoms with Crippen molar-refractivity contribution < 1.29 is 14.3 Å². The topological polar surface area (TPSA) is 43.4 Å². The lowest BCUT2D eigenvalue weighted by molar-refractivity contribution is -0.142. The van der Waals surface area contributed by atoms with Gasteiger partial charge in [0.2, 0.25) is 0 Å². The lowest BCUT2D eigenvalue weighted by Gasteiger charge is -2.21. The smallest absolute Gasteiger partial charge is 0.302 e. The molecule has 1 aliphatic rings. The molecule has 0 bridgehead atoms. The third kappa shape index (κ3) is 6.36. The molecule has 3 nitrogen and oxygen atoms in total. The van der Waals surface area contributed by atoms with Gasteiger partial charge >= 0.3 is 5.97 Å². The summed E-state index contributed by atoms with van der Waals surface area (Å²) < 4.78 is 5.17. The van der Waals surface area contributed by atoms with E-state index in [0.29, 0.717) is 24.2 Å². The summed E-state index contributed by atoms with van der Waals surface area (Å²) in [6, 6.07) is 0. The van der Waals surface area contributed by atoms with Gasteiger partial charge in [0.05, 0.1) is 6.61 Å². The predicted molar refractivity (Wildman–Crippen MR) is 80.4 cm³/mol. The van der Waals surface area contributed by atoms with Gasteiger partial charge in [0.1, 0.15) is 5.78 Å². The van der Waals surface area contributed by atoms with E-state index in [9.17, 15) is 9.59 Å². The minimum absolute atomic E-state index is 0.183. The number of esters is 1. The highest BCUT2D eigenvalue weighted by atomic mass is 16.5. The van der Waals surface area contributed by atoms with Crippen LogP contribution in [0.2, 0.25) is 0 Å². The summed E-state index contributed by atoms with van der Waals surface area (Å²) in [5, 5.41) is 0. The van der Waals surface area contributed by atoms with Crippen LogP contribution in [0.15, 0.2) is 11.6 Å². The number of hydrogen-bond acceptors (Lipinski definition) is 3. The van der Waals surface area contributed by atoms with Gasteiger partial charge in [-0.15, -0.1) is 0 Å². The van der Waals surface area contributed by atoms with E-state index in [0.717, 1.165) is 25.7 Å². The number of carbonyl (C=O) groups excluding carboxylic acids is 2. The fourth-order valence-electron chi connectivity index (χ4n) is 2.99. The van der Waals surface area contributed by atoms with Crippen molar-refractivity contribution in [3.8, 4) is 0 Å². The average Bonchev–Trinajstić information content (AvgIpc) is 2.72. The highest BCUT2D eigenvalue weighted by Gasteiger charge is 2.27. The summed E-state index contributed by atoms with van der Waals surface area (Å²) in [7, 11) is 0. The minimum atomic E-state index is -0.183. The van der Waals surface area contributed by atoms with Crippen LogP contribution in [0.1, 0.15) is 65.7 Å². The van der Waals surface area contributed by atoms with Gasteiger partial charge in [-0.2, -0.15) is 0 Å². The molecule has 0 saturated heterocycles. The second-order valence-corrected chi connectivity index (χ2v) is 6.01. The molecule has 1 rings (SSSR count). The van der Waals surface area contributed by atoms with Crippen LogP contribution >= 0.6 is 0 Å². The van der Waals surface area contributed by atoms with Crippen molar-refractivity contribution in [3.05, 3.63) is 11.6 Å². The number of ether oxygens (including phenoxy) is 1. The van der Waals surface area contributed by atoms with Gasteiger partial charge in [-0.1, -0.05) is 30.9 Å². The Kier molecular flexibility index (Phi) is 7.56. The first-order valence-corrected chi connectivity index (χ1v) is 7.80. The molecule has 20 heavy (non-hydrogen) atoms. The molecule has 0 aromatic heterocycles. The first kappa shape index (κ1) is 16.9. The fourth-order valence-corrected chi connectivity index (χ4v) is 2.99. The maximum atomic E-state index is 10.9. The van der Waals surface area contributed by atoms with Crippen molar-refractivity contribution in [1.82, 2.24) is 0 Å². The molecule has 0 heterocycles. The molecule has 1 aliphatic carbocycles. The molecule has 0 fully saturated rings. The normalized spacial score (nSPS) is 21.6. The van der Waals surface area contributed by atoms with Crippen LogP contribution in [0, 0.1) is 11.8 Å². The molecule has 0 aromatic carbocycles. The van der Waals surface area contributed by atoms with Crippen molar-refractivity contribution >= 4 is 11.8 Å². The molecule has 0 amide bonds. The van der Waals surface area contributed by atoms with Crippen molar-refractivity contribution in [3.63, 3.8) is 0 Å². The Labute approximate surface area is 122 Å². The van der Waals surface area contributed by atoms with Crippen LogP contribution in [-0.2, 0) is 14.3 Å². The SMILES string of the molecule is CC(=O)CCCCCC[C@@H]1C(C)=CC[C@@H]1COC(C)=O. The molecular formula is C17H28O3. The quantitative estimate of drug-likeness (QED) is 0.363. The largest absolute Gasteiger partial charge is 0.466 e. The lowest BCUT2D eigenvalue weighted by atomic mass is 9.87. The maximum absolute atomic E-state index is 10.9. The Morgan fingerprint density at radius 3 is 2.55 bits per heavy atom. The first-order valence-electron chi connectivity index (χ1n) is 7.80. The zero-order valence-electron chi connectivity index (χ0n) is 13.1. The van der Waals surface area contributed by atoms with Crippen molar-refractivity contribution in [1.29, 1.82) is 0 Å². The van der Waals surface area contributed by atoms with Gasteiger partial charge in [-0.25, -0.2) is 0 Å². The first-order chi connectivity index (χ1) is 9.50. The molecule has 0 aliphatic heterocycles. The second kappa shape index (κ2) is 8.93. The van der Waals surface area contributed by atoms with E-state index in [1.165, 1.54) is 31.8 Å². The van der Waals surface area contributed by atoms with E-state index >= 15 is 0 Å². The van der Waals surface area contributed by atoms with Crippen molar-refractivity contribution in [2.75, 3.05) is 6.61 Å². The van der Waals surface area contributed by atoms with E-state index in [-0.39, 0.29) is 5.97 Å². The van der Waals surface area contributed by atoms with Gasteiger partial charge in [0.25, 0.3) is 0 Å². The zero-order chi connectivity index (χ0) is 15.0. The van der Waals surface area contributed by atoms with E-state index in [2.05, 4.69) is 13.0 Å². The van der Waals surface area contributed by atoms with E-state index in [4.69, 9.17) is 4.74 Å². The monoisotopic (exact) mass is 280 g/mol. The van der Waals surface area contributed by atoms with Crippen LogP contribution in [0.25, 0.3) is 0 Å². The summed E-state index contributed by atoms with van der Waals surface area (Å²) >= 11 is 0. The molecule has 0 aromatic rings. The van der Waals surface area contributed by atoms with Crippen LogP contribution in [0.4, 0.5) is 0 Å².